The van der Waals surface area contributed by atoms with Crippen molar-refractivity contribution in [3.05, 3.63) is 29.1 Å². The van der Waals surface area contributed by atoms with Gasteiger partial charge in [0.1, 0.15) is 5.82 Å². The predicted octanol–water partition coefficient (Wildman–Crippen LogP) is 2.92. The maximum atomic E-state index is 13.4. The van der Waals surface area contributed by atoms with Crippen LogP contribution in [-0.2, 0) is 0 Å². The molecule has 15 heavy (non-hydrogen) atoms. The second-order valence-electron chi connectivity index (χ2n) is 3.19. The first kappa shape index (κ1) is 12.4. The summed E-state index contributed by atoms with van der Waals surface area (Å²) in [5.41, 5.74) is -0.134. The van der Waals surface area contributed by atoms with Gasteiger partial charge in [0.2, 0.25) is 0 Å². The minimum atomic E-state index is -1.18. The first-order chi connectivity index (χ1) is 7.02. The summed E-state index contributed by atoms with van der Waals surface area (Å²) >= 11 is 0.812. The van der Waals surface area contributed by atoms with Crippen molar-refractivity contribution >= 4 is 11.8 Å². The summed E-state index contributed by atoms with van der Waals surface area (Å²) in [5.74, 6) is -3.68. The number of hydrogen-bond donors (Lipinski definition) is 1. The second kappa shape index (κ2) is 4.90. The Morgan fingerprint density at radius 2 is 1.93 bits per heavy atom. The lowest BCUT2D eigenvalue weighted by atomic mass is 10.0. The van der Waals surface area contributed by atoms with Crippen molar-refractivity contribution in [3.63, 3.8) is 0 Å². The minimum Gasteiger partial charge on any atom is -0.396 e. The third kappa shape index (κ3) is 2.29. The Morgan fingerprint density at radius 1 is 1.33 bits per heavy atom. The van der Waals surface area contributed by atoms with E-state index in [0.717, 1.165) is 17.8 Å². The Balaban J connectivity index is 3.33. The zero-order valence-corrected chi connectivity index (χ0v) is 9.17. The van der Waals surface area contributed by atoms with Crippen molar-refractivity contribution in [2.75, 3.05) is 12.9 Å². The van der Waals surface area contributed by atoms with Gasteiger partial charge in [-0.1, -0.05) is 6.92 Å². The van der Waals surface area contributed by atoms with E-state index >= 15 is 0 Å². The number of benzene rings is 1. The number of halogens is 3. The molecule has 1 nitrogen and oxygen atoms in total. The number of rotatable bonds is 3. The van der Waals surface area contributed by atoms with E-state index in [1.54, 1.807) is 0 Å². The largest absolute Gasteiger partial charge is 0.396 e. The minimum absolute atomic E-state index is 0.134. The van der Waals surface area contributed by atoms with Gasteiger partial charge in [0.25, 0.3) is 0 Å². The van der Waals surface area contributed by atoms with Crippen molar-refractivity contribution in [3.8, 4) is 0 Å². The molecule has 1 aromatic rings. The van der Waals surface area contributed by atoms with Gasteiger partial charge in [-0.25, -0.2) is 13.2 Å². The second-order valence-corrected chi connectivity index (χ2v) is 4.01. The lowest BCUT2D eigenvalue weighted by Crippen LogP contribution is -2.06. The summed E-state index contributed by atoms with van der Waals surface area (Å²) in [6.45, 7) is 1.14. The molecular formula is C10H11F3OS. The van der Waals surface area contributed by atoms with E-state index in [1.165, 1.54) is 13.2 Å². The molecule has 5 heteroatoms. The Hall–Kier alpha value is -0.680. The third-order valence-electron chi connectivity index (χ3n) is 2.15. The first-order valence-electron chi connectivity index (χ1n) is 4.35. The molecule has 0 bridgehead atoms. The van der Waals surface area contributed by atoms with E-state index in [2.05, 4.69) is 0 Å². The van der Waals surface area contributed by atoms with Crippen LogP contribution in [0.2, 0.25) is 0 Å². The number of thioether (sulfide) groups is 1. The fourth-order valence-corrected chi connectivity index (χ4v) is 1.76. The van der Waals surface area contributed by atoms with Crippen LogP contribution in [0.5, 0.6) is 0 Å². The molecule has 0 saturated heterocycles. The molecule has 0 fully saturated rings. The monoisotopic (exact) mass is 236 g/mol. The van der Waals surface area contributed by atoms with Gasteiger partial charge in [-0.05, 0) is 17.9 Å². The number of aliphatic hydroxyl groups is 1. The van der Waals surface area contributed by atoms with E-state index in [-0.39, 0.29) is 17.1 Å². The van der Waals surface area contributed by atoms with Crippen LogP contribution in [0, 0.1) is 17.5 Å². The van der Waals surface area contributed by atoms with Crippen molar-refractivity contribution in [2.24, 2.45) is 0 Å². The zero-order chi connectivity index (χ0) is 11.6. The van der Waals surface area contributed by atoms with Gasteiger partial charge in [0.05, 0.1) is 4.90 Å². The highest BCUT2D eigenvalue weighted by Crippen LogP contribution is 2.30. The SMILES string of the molecule is CSc1c(F)cc(C(C)CO)c(F)c1F. The maximum Gasteiger partial charge on any atom is 0.175 e. The lowest BCUT2D eigenvalue weighted by molar-refractivity contribution is 0.268. The van der Waals surface area contributed by atoms with Crippen LogP contribution in [-0.4, -0.2) is 18.0 Å². The van der Waals surface area contributed by atoms with E-state index in [9.17, 15) is 13.2 Å². The summed E-state index contributed by atoms with van der Waals surface area (Å²) in [4.78, 5) is -0.332. The Kier molecular flexibility index (Phi) is 4.04. The maximum absolute atomic E-state index is 13.4. The standard InChI is InChI=1S/C10H11F3OS/c1-5(4-14)6-3-7(11)10(15-2)9(13)8(6)12/h3,5,14H,4H2,1-2H3. The summed E-state index contributed by atoms with van der Waals surface area (Å²) in [7, 11) is 0. The van der Waals surface area contributed by atoms with Crippen molar-refractivity contribution in [1.29, 1.82) is 0 Å². The highest BCUT2D eigenvalue weighted by atomic mass is 32.2. The molecular weight excluding hydrogens is 225 g/mol. The van der Waals surface area contributed by atoms with Gasteiger partial charge < -0.3 is 5.11 Å². The van der Waals surface area contributed by atoms with Crippen LogP contribution in [0.3, 0.4) is 0 Å². The molecule has 0 amide bonds. The smallest absolute Gasteiger partial charge is 0.175 e. The van der Waals surface area contributed by atoms with Crippen molar-refractivity contribution in [1.82, 2.24) is 0 Å². The molecule has 0 heterocycles. The van der Waals surface area contributed by atoms with Crippen LogP contribution in [0.4, 0.5) is 13.2 Å². The predicted molar refractivity (Wildman–Crippen MR) is 53.6 cm³/mol. The normalized spacial score (nSPS) is 12.9. The van der Waals surface area contributed by atoms with Crippen LogP contribution < -0.4 is 0 Å². The summed E-state index contributed by atoms with van der Waals surface area (Å²) in [5, 5.41) is 8.80. The van der Waals surface area contributed by atoms with Crippen LogP contribution in [0.25, 0.3) is 0 Å². The lowest BCUT2D eigenvalue weighted by Gasteiger charge is -2.12. The van der Waals surface area contributed by atoms with Gasteiger partial charge in [-0.3, -0.25) is 0 Å². The van der Waals surface area contributed by atoms with E-state index in [1.807, 2.05) is 0 Å². The number of hydrogen-bond acceptors (Lipinski definition) is 2. The zero-order valence-electron chi connectivity index (χ0n) is 8.35. The van der Waals surface area contributed by atoms with Gasteiger partial charge in [0.15, 0.2) is 11.6 Å². The molecule has 1 atom stereocenters. The third-order valence-corrected chi connectivity index (χ3v) is 2.94. The molecule has 1 N–H and O–H groups in total. The van der Waals surface area contributed by atoms with Crippen LogP contribution in [0.1, 0.15) is 18.4 Å². The topological polar surface area (TPSA) is 20.2 Å². The summed E-state index contributed by atoms with van der Waals surface area (Å²) in [6, 6.07) is 0.936. The highest BCUT2D eigenvalue weighted by molar-refractivity contribution is 7.98. The molecule has 0 spiro atoms. The average Bonchev–Trinajstić information content (AvgIpc) is 2.23. The van der Waals surface area contributed by atoms with Crippen molar-refractivity contribution in [2.45, 2.75) is 17.7 Å². The average molecular weight is 236 g/mol. The molecule has 84 valence electrons. The highest BCUT2D eigenvalue weighted by Gasteiger charge is 2.20. The molecule has 1 aromatic carbocycles. The van der Waals surface area contributed by atoms with Gasteiger partial charge >= 0.3 is 0 Å². The fourth-order valence-electron chi connectivity index (χ4n) is 1.24. The van der Waals surface area contributed by atoms with Gasteiger partial charge in [-0.2, -0.15) is 0 Å². The first-order valence-corrected chi connectivity index (χ1v) is 5.57. The van der Waals surface area contributed by atoms with Crippen LogP contribution >= 0.6 is 11.8 Å². The van der Waals surface area contributed by atoms with E-state index in [4.69, 9.17) is 5.11 Å². The molecule has 1 rings (SSSR count). The fraction of sp³-hybridized carbons (Fsp3) is 0.400. The molecule has 0 aliphatic rings. The molecule has 0 aliphatic heterocycles. The molecule has 0 radical (unpaired) electrons. The van der Waals surface area contributed by atoms with Crippen LogP contribution in [0.15, 0.2) is 11.0 Å². The Bertz CT molecular complexity index is 368. The van der Waals surface area contributed by atoms with E-state index in [0.29, 0.717) is 0 Å². The Morgan fingerprint density at radius 3 is 2.40 bits per heavy atom. The quantitative estimate of drug-likeness (QED) is 0.643. The summed E-state index contributed by atoms with van der Waals surface area (Å²) < 4.78 is 40.0. The van der Waals surface area contributed by atoms with E-state index < -0.39 is 23.4 Å². The number of aliphatic hydroxyl groups excluding tert-OH is 1. The summed E-state index contributed by atoms with van der Waals surface area (Å²) in [6.07, 6.45) is 1.47. The van der Waals surface area contributed by atoms with Gasteiger partial charge in [-0.15, -0.1) is 11.8 Å². The Labute approximate surface area is 90.3 Å². The molecule has 1 unspecified atom stereocenters. The molecule has 0 saturated carbocycles. The van der Waals surface area contributed by atoms with Crippen molar-refractivity contribution < 1.29 is 18.3 Å². The molecule has 0 aliphatic carbocycles. The molecule has 0 aromatic heterocycles. The van der Waals surface area contributed by atoms with Gasteiger partial charge in [0, 0.05) is 12.5 Å².